The molecule has 14 nitrogen and oxygen atoms in total. The number of amides is 5. The number of nitrogens with zero attached hydrogens (tertiary/aromatic N) is 8. The molecule has 18 heteroatoms. The smallest absolute Gasteiger partial charge is 0.331 e. The molecule has 0 spiro atoms. The zero-order valence-electron chi connectivity index (χ0n) is 35.2. The van der Waals surface area contributed by atoms with Gasteiger partial charge in [-0.05, 0) is 115 Å². The average molecular weight is 863 g/mol. The minimum Gasteiger partial charge on any atom is -0.331 e. The molecule has 3 aromatic rings. The van der Waals surface area contributed by atoms with Crippen molar-refractivity contribution >= 4 is 69.2 Å². The standard InChI is InChI=1S/C43H53F3N10O4S/c1-26-23-52(24-27(2)54(26)25-36(58)48-34-11-8-10-32-37(34)51(5)50-38(32)53-20-18-35(57)49-40(53)60)19-7-6-9-28-12-15-30(16-13-28)56-41(61)55(39(59)42(56,3)4)31-17-14-29(22-47)33(21-31)43(44,45)46/h8,10-11,14,17,21,26-28,30H,6-7,9,12-13,15-16,18-20,23-25H2,1-5H3,(H,48,58)(H,49,57,60)/t26-,27+,28-,30-. The number of imide groups is 1. The van der Waals surface area contributed by atoms with Crippen molar-refractivity contribution in [1.82, 2.24) is 29.8 Å². The highest BCUT2D eigenvalue weighted by molar-refractivity contribution is 7.80. The molecule has 2 aromatic carbocycles. The Bertz CT molecular complexity index is 2250. The van der Waals surface area contributed by atoms with E-state index in [2.05, 4.69) is 39.4 Å². The van der Waals surface area contributed by atoms with Crippen molar-refractivity contribution in [3.05, 3.63) is 47.5 Å². The third kappa shape index (κ3) is 8.82. The molecule has 0 unspecified atom stereocenters. The van der Waals surface area contributed by atoms with E-state index < -0.39 is 28.9 Å². The molecule has 5 amide bonds. The Morgan fingerprint density at radius 3 is 2.41 bits per heavy atom. The van der Waals surface area contributed by atoms with E-state index in [1.54, 1.807) is 31.6 Å². The maximum absolute atomic E-state index is 13.8. The number of benzene rings is 2. The normalized spacial score (nSPS) is 24.1. The molecule has 61 heavy (non-hydrogen) atoms. The molecule has 1 aromatic heterocycles. The van der Waals surface area contributed by atoms with Crippen molar-refractivity contribution in [1.29, 1.82) is 5.26 Å². The van der Waals surface area contributed by atoms with Gasteiger partial charge in [0.05, 0.1) is 40.6 Å². The molecule has 2 N–H and O–H groups in total. The summed E-state index contributed by atoms with van der Waals surface area (Å²) in [6.07, 6.45) is 2.29. The Balaban J connectivity index is 0.861. The molecule has 3 saturated heterocycles. The summed E-state index contributed by atoms with van der Waals surface area (Å²) in [7, 11) is 1.76. The number of urea groups is 1. The molecule has 1 saturated carbocycles. The lowest BCUT2D eigenvalue weighted by molar-refractivity contribution is -0.137. The lowest BCUT2D eigenvalue weighted by Gasteiger charge is -2.44. The summed E-state index contributed by atoms with van der Waals surface area (Å²) in [5.74, 6) is 0.136. The van der Waals surface area contributed by atoms with Gasteiger partial charge in [-0.1, -0.05) is 18.9 Å². The summed E-state index contributed by atoms with van der Waals surface area (Å²) in [5.41, 5.74) is -1.32. The van der Waals surface area contributed by atoms with Crippen molar-refractivity contribution in [2.75, 3.05) is 47.8 Å². The lowest BCUT2D eigenvalue weighted by atomic mass is 9.81. The van der Waals surface area contributed by atoms with Gasteiger partial charge in [0.1, 0.15) is 5.54 Å². The Labute approximate surface area is 358 Å². The fourth-order valence-electron chi connectivity index (χ4n) is 9.82. The van der Waals surface area contributed by atoms with Crippen molar-refractivity contribution in [2.24, 2.45) is 13.0 Å². The number of halogens is 3. The molecular weight excluding hydrogens is 810 g/mol. The fourth-order valence-corrected chi connectivity index (χ4v) is 10.4. The quantitative estimate of drug-likeness (QED) is 0.164. The molecule has 4 heterocycles. The maximum Gasteiger partial charge on any atom is 0.417 e. The lowest BCUT2D eigenvalue weighted by Crippen LogP contribution is -2.58. The molecule has 4 aliphatic rings. The number of anilines is 3. The van der Waals surface area contributed by atoms with E-state index in [1.165, 1.54) is 15.9 Å². The highest BCUT2D eigenvalue weighted by Gasteiger charge is 2.52. The van der Waals surface area contributed by atoms with Crippen LogP contribution in [0.5, 0.6) is 0 Å². The number of piperazine rings is 1. The van der Waals surface area contributed by atoms with Gasteiger partial charge in [-0.15, -0.1) is 0 Å². The fraction of sp³-hybridized carbons (Fsp3) is 0.558. The van der Waals surface area contributed by atoms with Gasteiger partial charge >= 0.3 is 12.2 Å². The minimum atomic E-state index is -4.75. The third-order valence-corrected chi connectivity index (χ3v) is 13.2. The first-order chi connectivity index (χ1) is 28.9. The van der Waals surface area contributed by atoms with Gasteiger partial charge in [0.25, 0.3) is 5.91 Å². The monoisotopic (exact) mass is 862 g/mol. The van der Waals surface area contributed by atoms with Crippen LogP contribution in [-0.2, 0) is 27.6 Å². The number of unbranched alkanes of at least 4 members (excludes halogenated alkanes) is 1. The number of carbonyl (C=O) groups is 4. The molecule has 2 atom stereocenters. The molecule has 4 fully saturated rings. The third-order valence-electron chi connectivity index (χ3n) is 12.9. The van der Waals surface area contributed by atoms with Gasteiger partial charge in [-0.2, -0.15) is 23.5 Å². The van der Waals surface area contributed by atoms with Gasteiger partial charge in [-0.25, -0.2) is 4.79 Å². The first-order valence-electron chi connectivity index (χ1n) is 21.0. The highest BCUT2D eigenvalue weighted by Crippen LogP contribution is 2.42. The second-order valence-electron chi connectivity index (χ2n) is 17.4. The molecule has 0 bridgehead atoms. The SMILES string of the molecule is C[C@@H]1CN(CCCC[C@H]2CC[C@H](N3C(=S)N(c4ccc(C#N)c(C(F)(F)F)c4)C(=O)C3(C)C)CC2)C[C@H](C)N1CC(=O)Nc1cccc2c(N3CCC(=O)NC3=O)nn(C)c12. The molecule has 326 valence electrons. The highest BCUT2D eigenvalue weighted by atomic mass is 32.1. The van der Waals surface area contributed by atoms with Crippen LogP contribution in [0.4, 0.5) is 35.2 Å². The number of nitriles is 1. The number of alkyl halides is 3. The van der Waals surface area contributed by atoms with E-state index in [0.29, 0.717) is 28.3 Å². The van der Waals surface area contributed by atoms with Crippen molar-refractivity contribution in [3.63, 3.8) is 0 Å². The summed E-state index contributed by atoms with van der Waals surface area (Å²) in [5, 5.41) is 20.1. The van der Waals surface area contributed by atoms with Crippen LogP contribution in [0, 0.1) is 17.2 Å². The van der Waals surface area contributed by atoms with E-state index in [4.69, 9.17) is 12.2 Å². The Morgan fingerprint density at radius 2 is 1.75 bits per heavy atom. The Hall–Kier alpha value is -5.12. The molecule has 3 aliphatic heterocycles. The van der Waals surface area contributed by atoms with Crippen LogP contribution < -0.4 is 20.4 Å². The number of carbonyl (C=O) groups excluding carboxylic acids is 4. The van der Waals surface area contributed by atoms with Crippen LogP contribution in [0.15, 0.2) is 36.4 Å². The van der Waals surface area contributed by atoms with Crippen LogP contribution in [0.3, 0.4) is 0 Å². The summed E-state index contributed by atoms with van der Waals surface area (Å²) < 4.78 is 42.9. The first kappa shape index (κ1) is 44.0. The summed E-state index contributed by atoms with van der Waals surface area (Å²) in [4.78, 5) is 60.7. The van der Waals surface area contributed by atoms with E-state index in [0.717, 1.165) is 76.7 Å². The van der Waals surface area contributed by atoms with Crippen LogP contribution >= 0.6 is 12.2 Å². The predicted octanol–water partition coefficient (Wildman–Crippen LogP) is 6.38. The van der Waals surface area contributed by atoms with Crippen LogP contribution in [0.25, 0.3) is 10.9 Å². The number of aryl methyl sites for hydroxylation is 1. The van der Waals surface area contributed by atoms with Gasteiger partial charge in [0.15, 0.2) is 10.9 Å². The topological polar surface area (TPSA) is 150 Å². The number of hydrogen-bond acceptors (Lipinski definition) is 9. The second kappa shape index (κ2) is 17.3. The summed E-state index contributed by atoms with van der Waals surface area (Å²) in [6, 6.07) is 10.2. The van der Waals surface area contributed by atoms with Crippen LogP contribution in [-0.4, -0.2) is 110 Å². The number of rotatable bonds is 11. The van der Waals surface area contributed by atoms with E-state index >= 15 is 0 Å². The van der Waals surface area contributed by atoms with Crippen molar-refractivity contribution in [2.45, 2.75) is 109 Å². The average Bonchev–Trinajstić information content (AvgIpc) is 3.62. The van der Waals surface area contributed by atoms with Crippen LogP contribution in [0.2, 0.25) is 0 Å². The second-order valence-corrected chi connectivity index (χ2v) is 17.8. The van der Waals surface area contributed by atoms with Gasteiger partial charge < -0.3 is 15.1 Å². The molecule has 1 aliphatic carbocycles. The molecule has 7 rings (SSSR count). The predicted molar refractivity (Wildman–Crippen MR) is 229 cm³/mol. The summed E-state index contributed by atoms with van der Waals surface area (Å²) >= 11 is 5.78. The number of hydrogen-bond donors (Lipinski definition) is 2. The number of fused-ring (bicyclic) bond motifs is 1. The minimum absolute atomic E-state index is 0.00517. The van der Waals surface area contributed by atoms with E-state index in [-0.39, 0.29) is 66.2 Å². The van der Waals surface area contributed by atoms with E-state index in [1.807, 2.05) is 23.1 Å². The zero-order valence-corrected chi connectivity index (χ0v) is 36.0. The van der Waals surface area contributed by atoms with Crippen molar-refractivity contribution < 1.29 is 32.3 Å². The van der Waals surface area contributed by atoms with E-state index in [9.17, 15) is 37.6 Å². The molecular formula is C43H53F3N10O4S. The first-order valence-corrected chi connectivity index (χ1v) is 21.4. The van der Waals surface area contributed by atoms with Gasteiger partial charge in [0.2, 0.25) is 11.8 Å². The molecule has 0 radical (unpaired) electrons. The largest absolute Gasteiger partial charge is 0.417 e. The summed E-state index contributed by atoms with van der Waals surface area (Å²) in [6.45, 7) is 11.0. The Morgan fingerprint density at radius 1 is 1.05 bits per heavy atom. The Kier molecular flexibility index (Phi) is 12.5. The number of thiocarbonyl (C=S) groups is 1. The van der Waals surface area contributed by atoms with Crippen molar-refractivity contribution in [3.8, 4) is 6.07 Å². The van der Waals surface area contributed by atoms with Crippen LogP contribution in [0.1, 0.15) is 90.2 Å². The number of nitrogens with one attached hydrogen (secondary N) is 2. The maximum atomic E-state index is 13.8. The van der Waals surface area contributed by atoms with Gasteiger partial charge in [-0.3, -0.25) is 39.1 Å². The van der Waals surface area contributed by atoms with Gasteiger partial charge in [0, 0.05) is 56.6 Å². The number of aromatic nitrogens is 2. The number of para-hydroxylation sites is 1. The zero-order chi connectivity index (χ0) is 44.0.